The van der Waals surface area contributed by atoms with Crippen molar-refractivity contribution in [3.05, 3.63) is 29.8 Å². The van der Waals surface area contributed by atoms with Gasteiger partial charge in [-0.05, 0) is 55.7 Å². The number of nitrogens with one attached hydrogen (secondary N) is 1. The number of aliphatic hydroxyl groups excluding tert-OH is 1. The summed E-state index contributed by atoms with van der Waals surface area (Å²) in [5.41, 5.74) is 2.73. The standard InChI is InChI=1S/C21H28N2O3/c1-26-21(25)19-15-10-17-20-14(13-4-2-3-5-16(13)22-20)8-9-23(17)11-12(15)6-7-18(19)24/h2-5,12,14-15,17-20,22,24H,6-11H2,1H3. The number of carbonyl (C=O) groups is 1. The number of nitrogens with zero attached hydrogens (tertiary/aromatic N) is 1. The number of hydrogen-bond donors (Lipinski definition) is 2. The lowest BCUT2D eigenvalue weighted by molar-refractivity contribution is -0.160. The lowest BCUT2D eigenvalue weighted by Gasteiger charge is -2.54. The van der Waals surface area contributed by atoms with Crippen LogP contribution in [0, 0.1) is 17.8 Å². The predicted octanol–water partition coefficient (Wildman–Crippen LogP) is 2.22. The fourth-order valence-corrected chi connectivity index (χ4v) is 6.32. The van der Waals surface area contributed by atoms with Crippen LogP contribution in [0.2, 0.25) is 0 Å². The van der Waals surface area contributed by atoms with Crippen molar-refractivity contribution in [2.75, 3.05) is 25.5 Å². The van der Waals surface area contributed by atoms with Crippen LogP contribution in [0.5, 0.6) is 0 Å². The first-order chi connectivity index (χ1) is 12.7. The van der Waals surface area contributed by atoms with Gasteiger partial charge in [0.1, 0.15) is 0 Å². The number of ether oxygens (including phenoxy) is 1. The maximum absolute atomic E-state index is 12.4. The van der Waals surface area contributed by atoms with Crippen molar-refractivity contribution in [1.82, 2.24) is 4.90 Å². The minimum absolute atomic E-state index is 0.226. The van der Waals surface area contributed by atoms with Crippen LogP contribution in [0.4, 0.5) is 5.69 Å². The molecule has 140 valence electrons. The molecule has 5 rings (SSSR count). The summed E-state index contributed by atoms with van der Waals surface area (Å²) in [5.74, 6) is 0.714. The summed E-state index contributed by atoms with van der Waals surface area (Å²) in [5, 5.41) is 14.3. The molecule has 3 heterocycles. The van der Waals surface area contributed by atoms with E-state index in [1.807, 2.05) is 0 Å². The molecule has 7 unspecified atom stereocenters. The summed E-state index contributed by atoms with van der Waals surface area (Å²) in [6.07, 6.45) is 3.36. The van der Waals surface area contributed by atoms with Crippen molar-refractivity contribution in [1.29, 1.82) is 0 Å². The van der Waals surface area contributed by atoms with Gasteiger partial charge >= 0.3 is 5.97 Å². The molecule has 1 aromatic rings. The molecular formula is C21H28N2O3. The lowest BCUT2D eigenvalue weighted by Crippen LogP contribution is -2.61. The number of piperidine rings is 2. The van der Waals surface area contributed by atoms with Crippen LogP contribution in [-0.2, 0) is 9.53 Å². The fraction of sp³-hybridized carbons (Fsp3) is 0.667. The first-order valence-corrected chi connectivity index (χ1v) is 10.0. The third kappa shape index (κ3) is 2.40. The Morgan fingerprint density at radius 3 is 2.96 bits per heavy atom. The van der Waals surface area contributed by atoms with Gasteiger partial charge in [-0.3, -0.25) is 9.69 Å². The zero-order chi connectivity index (χ0) is 17.8. The molecule has 26 heavy (non-hydrogen) atoms. The summed E-state index contributed by atoms with van der Waals surface area (Å²) in [7, 11) is 1.44. The Hall–Kier alpha value is -1.59. The van der Waals surface area contributed by atoms with E-state index in [1.165, 1.54) is 24.8 Å². The summed E-state index contributed by atoms with van der Waals surface area (Å²) in [6.45, 7) is 2.19. The summed E-state index contributed by atoms with van der Waals surface area (Å²) in [4.78, 5) is 15.0. The van der Waals surface area contributed by atoms with Crippen LogP contribution >= 0.6 is 0 Å². The first-order valence-electron chi connectivity index (χ1n) is 10.0. The molecule has 3 aliphatic heterocycles. The van der Waals surface area contributed by atoms with E-state index in [0.717, 1.165) is 32.4 Å². The highest BCUT2D eigenvalue weighted by Gasteiger charge is 2.52. The second kappa shape index (κ2) is 6.24. The number of para-hydroxylation sites is 1. The highest BCUT2D eigenvalue weighted by Crippen LogP contribution is 2.50. The highest BCUT2D eigenvalue weighted by molar-refractivity contribution is 5.73. The minimum Gasteiger partial charge on any atom is -0.469 e. The summed E-state index contributed by atoms with van der Waals surface area (Å²) >= 11 is 0. The molecule has 0 aromatic heterocycles. The number of rotatable bonds is 1. The quantitative estimate of drug-likeness (QED) is 0.756. The molecule has 0 radical (unpaired) electrons. The minimum atomic E-state index is -0.552. The van der Waals surface area contributed by atoms with Gasteiger partial charge in [0.25, 0.3) is 0 Å². The van der Waals surface area contributed by atoms with Gasteiger partial charge in [-0.1, -0.05) is 18.2 Å². The molecule has 5 heteroatoms. The normalized spacial score (nSPS) is 41.2. The van der Waals surface area contributed by atoms with Crippen LogP contribution < -0.4 is 5.32 Å². The molecular weight excluding hydrogens is 328 g/mol. The van der Waals surface area contributed by atoms with E-state index in [1.54, 1.807) is 0 Å². The maximum atomic E-state index is 12.4. The number of methoxy groups -OCH3 is 1. The third-order valence-electron chi connectivity index (χ3n) is 7.50. The molecule has 0 bridgehead atoms. The number of esters is 1. The monoisotopic (exact) mass is 356 g/mol. The summed E-state index contributed by atoms with van der Waals surface area (Å²) in [6, 6.07) is 9.53. The van der Waals surface area contributed by atoms with E-state index in [0.29, 0.717) is 23.9 Å². The van der Waals surface area contributed by atoms with E-state index in [-0.39, 0.29) is 17.8 Å². The van der Waals surface area contributed by atoms with E-state index >= 15 is 0 Å². The first kappa shape index (κ1) is 16.6. The van der Waals surface area contributed by atoms with Crippen molar-refractivity contribution in [3.8, 4) is 0 Å². The SMILES string of the molecule is COC(=O)C1C(O)CCC2CN3CCC4c5ccccc5NC4C3CC21. The van der Waals surface area contributed by atoms with E-state index in [2.05, 4.69) is 34.5 Å². The number of fused-ring (bicyclic) bond motifs is 6. The van der Waals surface area contributed by atoms with Crippen LogP contribution in [0.25, 0.3) is 0 Å². The number of anilines is 1. The predicted molar refractivity (Wildman–Crippen MR) is 98.9 cm³/mol. The molecule has 3 fully saturated rings. The Morgan fingerprint density at radius 1 is 1.27 bits per heavy atom. The van der Waals surface area contributed by atoms with Gasteiger partial charge in [0.15, 0.2) is 0 Å². The van der Waals surface area contributed by atoms with Gasteiger partial charge in [-0.15, -0.1) is 0 Å². The van der Waals surface area contributed by atoms with Crippen LogP contribution in [0.1, 0.15) is 37.2 Å². The Kier molecular flexibility index (Phi) is 3.98. The van der Waals surface area contributed by atoms with Gasteiger partial charge in [0.2, 0.25) is 0 Å². The average molecular weight is 356 g/mol. The van der Waals surface area contributed by atoms with Crippen LogP contribution in [-0.4, -0.2) is 54.4 Å². The largest absolute Gasteiger partial charge is 0.469 e. The molecule has 7 atom stereocenters. The number of hydrogen-bond acceptors (Lipinski definition) is 5. The fourth-order valence-electron chi connectivity index (χ4n) is 6.32. The molecule has 2 N–H and O–H groups in total. The number of benzene rings is 1. The molecule has 2 saturated heterocycles. The molecule has 0 amide bonds. The lowest BCUT2D eigenvalue weighted by atomic mass is 9.63. The van der Waals surface area contributed by atoms with Crippen molar-refractivity contribution < 1.29 is 14.6 Å². The average Bonchev–Trinajstić information content (AvgIpc) is 3.05. The molecule has 0 spiro atoms. The van der Waals surface area contributed by atoms with E-state index < -0.39 is 6.10 Å². The van der Waals surface area contributed by atoms with E-state index in [4.69, 9.17) is 4.74 Å². The van der Waals surface area contributed by atoms with E-state index in [9.17, 15) is 9.90 Å². The zero-order valence-corrected chi connectivity index (χ0v) is 15.3. The molecule has 4 aliphatic rings. The third-order valence-corrected chi connectivity index (χ3v) is 7.50. The van der Waals surface area contributed by atoms with Crippen molar-refractivity contribution in [3.63, 3.8) is 0 Å². The molecule has 5 nitrogen and oxygen atoms in total. The van der Waals surface area contributed by atoms with Crippen molar-refractivity contribution >= 4 is 11.7 Å². The molecule has 1 aromatic carbocycles. The smallest absolute Gasteiger partial charge is 0.311 e. The Labute approximate surface area is 154 Å². The Morgan fingerprint density at radius 2 is 2.12 bits per heavy atom. The Balaban J connectivity index is 1.43. The second-order valence-corrected chi connectivity index (χ2v) is 8.57. The zero-order valence-electron chi connectivity index (χ0n) is 15.3. The van der Waals surface area contributed by atoms with Gasteiger partial charge in [0.05, 0.1) is 19.1 Å². The second-order valence-electron chi connectivity index (χ2n) is 8.57. The topological polar surface area (TPSA) is 61.8 Å². The highest BCUT2D eigenvalue weighted by atomic mass is 16.5. The number of carbonyl (C=O) groups excluding carboxylic acids is 1. The van der Waals surface area contributed by atoms with Gasteiger partial charge in [-0.25, -0.2) is 0 Å². The van der Waals surface area contributed by atoms with Crippen LogP contribution in [0.15, 0.2) is 24.3 Å². The summed E-state index contributed by atoms with van der Waals surface area (Å²) < 4.78 is 5.05. The van der Waals surface area contributed by atoms with Crippen LogP contribution in [0.3, 0.4) is 0 Å². The van der Waals surface area contributed by atoms with Crippen molar-refractivity contribution in [2.24, 2.45) is 17.8 Å². The van der Waals surface area contributed by atoms with Crippen molar-refractivity contribution in [2.45, 2.75) is 49.8 Å². The molecule has 1 aliphatic carbocycles. The van der Waals surface area contributed by atoms with Gasteiger partial charge in [0, 0.05) is 30.2 Å². The number of aliphatic hydroxyl groups is 1. The maximum Gasteiger partial charge on any atom is 0.311 e. The van der Waals surface area contributed by atoms with Gasteiger partial charge < -0.3 is 15.2 Å². The Bertz CT molecular complexity index is 708. The molecule has 1 saturated carbocycles. The van der Waals surface area contributed by atoms with Gasteiger partial charge in [-0.2, -0.15) is 0 Å².